The lowest BCUT2D eigenvalue weighted by molar-refractivity contribution is -0.139. The number of carbonyl (C=O) groups is 1. The highest BCUT2D eigenvalue weighted by molar-refractivity contribution is 6.30. The fourth-order valence-corrected chi connectivity index (χ4v) is 2.23. The normalized spacial score (nSPS) is 12.4. The van der Waals surface area contributed by atoms with E-state index in [4.69, 9.17) is 16.7 Å². The Morgan fingerprint density at radius 2 is 2.00 bits per heavy atom. The lowest BCUT2D eigenvalue weighted by Crippen LogP contribution is -2.33. The van der Waals surface area contributed by atoms with E-state index in [2.05, 4.69) is 10.4 Å². The minimum Gasteiger partial charge on any atom is -0.480 e. The third kappa shape index (κ3) is 3.43. The third-order valence-corrected chi connectivity index (χ3v) is 3.72. The fourth-order valence-electron chi connectivity index (χ4n) is 2.11. The van der Waals surface area contributed by atoms with Crippen molar-refractivity contribution >= 4 is 17.6 Å². The van der Waals surface area contributed by atoms with Crippen LogP contribution in [0.15, 0.2) is 24.3 Å². The number of benzene rings is 1. The number of aliphatic carboxylic acids is 1. The second kappa shape index (κ2) is 6.28. The predicted octanol–water partition coefficient (Wildman–Crippen LogP) is 2.71. The van der Waals surface area contributed by atoms with E-state index in [0.717, 1.165) is 22.6 Å². The van der Waals surface area contributed by atoms with E-state index in [1.807, 2.05) is 42.8 Å². The van der Waals surface area contributed by atoms with Crippen LogP contribution in [0.1, 0.15) is 23.9 Å². The van der Waals surface area contributed by atoms with Gasteiger partial charge in [0.25, 0.3) is 0 Å². The van der Waals surface area contributed by atoms with Gasteiger partial charge in [-0.3, -0.25) is 4.79 Å². The molecule has 0 radical (unpaired) electrons. The molecule has 0 spiro atoms. The van der Waals surface area contributed by atoms with Gasteiger partial charge in [-0.1, -0.05) is 11.6 Å². The highest BCUT2D eigenvalue weighted by Crippen LogP contribution is 2.19. The second-order valence-corrected chi connectivity index (χ2v) is 5.41. The summed E-state index contributed by atoms with van der Waals surface area (Å²) >= 11 is 5.89. The lowest BCUT2D eigenvalue weighted by atomic mass is 10.2. The Labute approximate surface area is 128 Å². The van der Waals surface area contributed by atoms with Crippen LogP contribution in [0, 0.1) is 13.8 Å². The Morgan fingerprint density at radius 1 is 1.38 bits per heavy atom. The quantitative estimate of drug-likeness (QED) is 0.891. The summed E-state index contributed by atoms with van der Waals surface area (Å²) in [6, 6.07) is 6.84. The van der Waals surface area contributed by atoms with Gasteiger partial charge in [0.15, 0.2) is 0 Å². The van der Waals surface area contributed by atoms with Gasteiger partial charge >= 0.3 is 5.97 Å². The van der Waals surface area contributed by atoms with Crippen LogP contribution in [0.3, 0.4) is 0 Å². The molecule has 5 nitrogen and oxygen atoms in total. The molecule has 2 rings (SSSR count). The summed E-state index contributed by atoms with van der Waals surface area (Å²) in [7, 11) is 0. The van der Waals surface area contributed by atoms with E-state index in [-0.39, 0.29) is 0 Å². The summed E-state index contributed by atoms with van der Waals surface area (Å²) < 4.78 is 1.84. The van der Waals surface area contributed by atoms with E-state index < -0.39 is 12.0 Å². The molecule has 1 aromatic heterocycles. The first kappa shape index (κ1) is 15.5. The van der Waals surface area contributed by atoms with Crippen molar-refractivity contribution in [3.63, 3.8) is 0 Å². The number of hydrogen-bond donors (Lipinski definition) is 2. The zero-order valence-electron chi connectivity index (χ0n) is 12.2. The Bertz CT molecular complexity index is 650. The van der Waals surface area contributed by atoms with Crippen molar-refractivity contribution in [3.05, 3.63) is 46.2 Å². The molecule has 0 aliphatic carbocycles. The monoisotopic (exact) mass is 307 g/mol. The predicted molar refractivity (Wildman–Crippen MR) is 82.0 cm³/mol. The molecule has 21 heavy (non-hydrogen) atoms. The van der Waals surface area contributed by atoms with Crippen molar-refractivity contribution in [2.75, 3.05) is 0 Å². The number of hydrogen-bond acceptors (Lipinski definition) is 3. The molecule has 2 aromatic rings. The van der Waals surface area contributed by atoms with Crippen molar-refractivity contribution in [3.8, 4) is 5.69 Å². The average Bonchev–Trinajstić information content (AvgIpc) is 2.72. The molecule has 0 aliphatic rings. The topological polar surface area (TPSA) is 67.2 Å². The molecule has 2 N–H and O–H groups in total. The van der Waals surface area contributed by atoms with Crippen LogP contribution >= 0.6 is 11.6 Å². The maximum absolute atomic E-state index is 10.9. The van der Waals surface area contributed by atoms with Crippen molar-refractivity contribution in [2.24, 2.45) is 0 Å². The lowest BCUT2D eigenvalue weighted by Gasteiger charge is -2.10. The van der Waals surface area contributed by atoms with Gasteiger partial charge in [-0.15, -0.1) is 0 Å². The summed E-state index contributed by atoms with van der Waals surface area (Å²) in [5.74, 6) is -0.865. The van der Waals surface area contributed by atoms with Crippen LogP contribution in [0.5, 0.6) is 0 Å². The van der Waals surface area contributed by atoms with Crippen molar-refractivity contribution < 1.29 is 9.90 Å². The first-order valence-corrected chi connectivity index (χ1v) is 7.05. The first-order chi connectivity index (χ1) is 9.90. The van der Waals surface area contributed by atoms with Gasteiger partial charge in [-0.25, -0.2) is 4.68 Å². The van der Waals surface area contributed by atoms with Crippen LogP contribution in [0.25, 0.3) is 5.69 Å². The molecule has 1 aromatic carbocycles. The second-order valence-electron chi connectivity index (χ2n) is 4.98. The molecule has 0 bridgehead atoms. The Balaban J connectivity index is 2.25. The summed E-state index contributed by atoms with van der Waals surface area (Å²) in [5, 5.41) is 17.1. The molecule has 0 saturated heterocycles. The molecule has 0 fully saturated rings. The van der Waals surface area contributed by atoms with Gasteiger partial charge < -0.3 is 10.4 Å². The van der Waals surface area contributed by atoms with Gasteiger partial charge in [0.2, 0.25) is 0 Å². The number of carboxylic acid groups (broad SMARTS) is 1. The smallest absolute Gasteiger partial charge is 0.320 e. The summed E-state index contributed by atoms with van der Waals surface area (Å²) in [5.41, 5.74) is 3.81. The minimum atomic E-state index is -0.865. The van der Waals surface area contributed by atoms with Crippen LogP contribution < -0.4 is 5.32 Å². The number of halogens is 1. The van der Waals surface area contributed by atoms with E-state index in [9.17, 15) is 4.79 Å². The molecule has 0 aliphatic heterocycles. The number of nitrogens with one attached hydrogen (secondary N) is 1. The van der Waals surface area contributed by atoms with Crippen molar-refractivity contribution in [2.45, 2.75) is 33.4 Å². The van der Waals surface area contributed by atoms with Crippen LogP contribution in [-0.2, 0) is 11.3 Å². The summed E-state index contributed by atoms with van der Waals surface area (Å²) in [6.45, 7) is 5.98. The first-order valence-electron chi connectivity index (χ1n) is 6.67. The molecule has 112 valence electrons. The highest BCUT2D eigenvalue weighted by Gasteiger charge is 2.15. The SMILES string of the molecule is Cc1nn(-c2ccc(Cl)cc2)c(C)c1CNC(C)C(=O)O. The molecule has 6 heteroatoms. The molecule has 0 amide bonds. The standard InChI is InChI=1S/C15H18ClN3O2/c1-9-14(8-17-10(2)15(20)21)11(3)19(18-9)13-6-4-12(16)5-7-13/h4-7,10,17H,8H2,1-3H3,(H,20,21). The maximum Gasteiger partial charge on any atom is 0.320 e. The minimum absolute atomic E-state index is 0.471. The average molecular weight is 308 g/mol. The molecule has 0 saturated carbocycles. The van der Waals surface area contributed by atoms with Gasteiger partial charge in [-0.2, -0.15) is 5.10 Å². The molecule has 1 unspecified atom stereocenters. The van der Waals surface area contributed by atoms with Gasteiger partial charge in [0.05, 0.1) is 11.4 Å². The fraction of sp³-hybridized carbons (Fsp3) is 0.333. The summed E-state index contributed by atoms with van der Waals surface area (Å²) in [6.07, 6.45) is 0. The van der Waals surface area contributed by atoms with E-state index >= 15 is 0 Å². The van der Waals surface area contributed by atoms with Crippen molar-refractivity contribution in [1.29, 1.82) is 0 Å². The molecular weight excluding hydrogens is 290 g/mol. The third-order valence-electron chi connectivity index (χ3n) is 3.47. The Morgan fingerprint density at radius 3 is 2.57 bits per heavy atom. The van der Waals surface area contributed by atoms with Crippen LogP contribution in [-0.4, -0.2) is 26.9 Å². The molecule has 1 heterocycles. The van der Waals surface area contributed by atoms with Gasteiger partial charge in [-0.05, 0) is 45.0 Å². The number of carboxylic acids is 1. The Kier molecular flexibility index (Phi) is 4.65. The highest BCUT2D eigenvalue weighted by atomic mass is 35.5. The van der Waals surface area contributed by atoms with Crippen LogP contribution in [0.4, 0.5) is 0 Å². The van der Waals surface area contributed by atoms with Crippen molar-refractivity contribution in [1.82, 2.24) is 15.1 Å². The number of aryl methyl sites for hydroxylation is 1. The Hall–Kier alpha value is -1.85. The van der Waals surface area contributed by atoms with Crippen LogP contribution in [0.2, 0.25) is 5.02 Å². The van der Waals surface area contributed by atoms with E-state index in [1.54, 1.807) is 6.92 Å². The molecular formula is C15H18ClN3O2. The summed E-state index contributed by atoms with van der Waals surface area (Å²) in [4.78, 5) is 10.9. The zero-order chi connectivity index (χ0) is 15.6. The van der Waals surface area contributed by atoms with Gasteiger partial charge in [0.1, 0.15) is 6.04 Å². The zero-order valence-corrected chi connectivity index (χ0v) is 13.0. The van der Waals surface area contributed by atoms with E-state index in [1.165, 1.54) is 0 Å². The number of rotatable bonds is 5. The van der Waals surface area contributed by atoms with E-state index in [0.29, 0.717) is 11.6 Å². The molecule has 1 atom stereocenters. The maximum atomic E-state index is 10.9. The number of nitrogens with zero attached hydrogens (tertiary/aromatic N) is 2. The largest absolute Gasteiger partial charge is 0.480 e. The van der Waals surface area contributed by atoms with Gasteiger partial charge in [0, 0.05) is 22.8 Å². The number of aromatic nitrogens is 2.